The largest absolute Gasteiger partial charge is 0.460 e. The molecule has 0 heterocycles. The number of carbonyl (C=O) groups is 1. The fraction of sp³-hybridized carbons (Fsp3) is 0.903. The van der Waals surface area contributed by atoms with Crippen LogP contribution in [0.3, 0.4) is 0 Å². The van der Waals surface area contributed by atoms with Crippen molar-refractivity contribution in [3.05, 3.63) is 12.7 Å². The van der Waals surface area contributed by atoms with Gasteiger partial charge in [-0.1, -0.05) is 6.58 Å². The lowest BCUT2D eigenvalue weighted by atomic mass is 10.6. The molecule has 0 spiro atoms. The van der Waals surface area contributed by atoms with Crippen LogP contribution < -0.4 is 0 Å². The number of ether oxygens (including phenoxy) is 13. The molecule has 15 heteroatoms. The first-order valence-electron chi connectivity index (χ1n) is 16.0. The van der Waals surface area contributed by atoms with Crippen LogP contribution >= 0.6 is 0 Å². The van der Waals surface area contributed by atoms with Crippen molar-refractivity contribution in [3.63, 3.8) is 0 Å². The van der Waals surface area contributed by atoms with Crippen LogP contribution in [0.5, 0.6) is 0 Å². The number of hydrogen-bond acceptors (Lipinski definition) is 15. The number of nitrogens with zero attached hydrogens (tertiary/aromatic N) is 1. The molecule has 0 rings (SSSR count). The van der Waals surface area contributed by atoms with Crippen molar-refractivity contribution >= 4 is 5.97 Å². The van der Waals surface area contributed by atoms with Crippen LogP contribution in [0.15, 0.2) is 12.7 Å². The minimum absolute atomic E-state index is 0.198. The highest BCUT2D eigenvalue weighted by Crippen LogP contribution is 1.88. The quantitative estimate of drug-likeness (QED) is 0.0506. The van der Waals surface area contributed by atoms with Crippen LogP contribution in [-0.2, 0) is 66.4 Å². The van der Waals surface area contributed by atoms with E-state index in [1.54, 1.807) is 0 Å². The Morgan fingerprint density at radius 2 is 0.587 bits per heavy atom. The molecule has 15 nitrogen and oxygen atoms in total. The predicted octanol–water partition coefficient (Wildman–Crippen LogP) is 0.476. The molecule has 0 N–H and O–H groups in total. The van der Waals surface area contributed by atoms with E-state index in [0.717, 1.165) is 12.6 Å². The summed E-state index contributed by atoms with van der Waals surface area (Å²) in [6, 6.07) is 0. The summed E-state index contributed by atoms with van der Waals surface area (Å²) in [6.07, 6.45) is 1.11. The van der Waals surface area contributed by atoms with E-state index in [0.29, 0.717) is 159 Å². The second-order valence-corrected chi connectivity index (χ2v) is 9.52. The van der Waals surface area contributed by atoms with Crippen molar-refractivity contribution in [2.45, 2.75) is 0 Å². The molecule has 0 saturated carbocycles. The molecular weight excluding hydrogens is 610 g/mol. The van der Waals surface area contributed by atoms with Gasteiger partial charge in [-0.15, -0.1) is 0 Å². The Kier molecular flexibility index (Phi) is 38.7. The number of carbonyl (C=O) groups excluding carboxylic acids is 1. The molecule has 0 radical (unpaired) electrons. The summed E-state index contributed by atoms with van der Waals surface area (Å²) in [7, 11) is 4.03. The van der Waals surface area contributed by atoms with Gasteiger partial charge in [-0.3, -0.25) is 0 Å². The molecule has 0 aliphatic rings. The summed E-state index contributed by atoms with van der Waals surface area (Å²) in [5, 5.41) is 0. The minimum Gasteiger partial charge on any atom is -0.460 e. The molecule has 0 aromatic rings. The average molecular weight is 672 g/mol. The number of hydrogen-bond donors (Lipinski definition) is 0. The van der Waals surface area contributed by atoms with Crippen LogP contribution in [0.4, 0.5) is 0 Å². The average Bonchev–Trinajstić information content (AvgIpc) is 3.05. The highest BCUT2D eigenvalue weighted by atomic mass is 16.6. The molecule has 0 unspecified atom stereocenters. The summed E-state index contributed by atoms with van der Waals surface area (Å²) in [6.45, 7) is 16.6. The number of rotatable bonds is 40. The Morgan fingerprint density at radius 1 is 0.391 bits per heavy atom. The lowest BCUT2D eigenvalue weighted by Gasteiger charge is -2.10. The maximum atomic E-state index is 10.8. The molecular formula is C31H61NO14. The first-order valence-corrected chi connectivity index (χ1v) is 16.0. The zero-order valence-electron chi connectivity index (χ0n) is 28.3. The molecule has 0 amide bonds. The second-order valence-electron chi connectivity index (χ2n) is 9.52. The lowest BCUT2D eigenvalue weighted by Crippen LogP contribution is -2.19. The second kappa shape index (κ2) is 39.9. The fourth-order valence-corrected chi connectivity index (χ4v) is 3.03. The maximum absolute atomic E-state index is 10.8. The molecule has 0 aromatic heterocycles. The van der Waals surface area contributed by atoms with Gasteiger partial charge >= 0.3 is 5.97 Å². The van der Waals surface area contributed by atoms with Crippen molar-refractivity contribution in [3.8, 4) is 0 Å². The van der Waals surface area contributed by atoms with Crippen molar-refractivity contribution in [2.75, 3.05) is 186 Å². The Labute approximate surface area is 275 Å². The van der Waals surface area contributed by atoms with E-state index in [2.05, 4.69) is 11.5 Å². The minimum atomic E-state index is -0.459. The smallest absolute Gasteiger partial charge is 0.330 e. The van der Waals surface area contributed by atoms with Gasteiger partial charge < -0.3 is 66.5 Å². The normalized spacial score (nSPS) is 11.5. The Morgan fingerprint density at radius 3 is 0.783 bits per heavy atom. The van der Waals surface area contributed by atoms with Crippen LogP contribution in [0.2, 0.25) is 0 Å². The van der Waals surface area contributed by atoms with Gasteiger partial charge in [0.1, 0.15) is 6.61 Å². The fourth-order valence-electron chi connectivity index (χ4n) is 3.03. The summed E-state index contributed by atoms with van der Waals surface area (Å²) in [4.78, 5) is 12.9. The molecule has 46 heavy (non-hydrogen) atoms. The summed E-state index contributed by atoms with van der Waals surface area (Å²) in [5.74, 6) is -0.459. The lowest BCUT2D eigenvalue weighted by molar-refractivity contribution is -0.139. The first-order chi connectivity index (χ1) is 22.7. The van der Waals surface area contributed by atoms with Gasteiger partial charge in [0.25, 0.3) is 0 Å². The van der Waals surface area contributed by atoms with Crippen molar-refractivity contribution in [1.82, 2.24) is 4.90 Å². The van der Waals surface area contributed by atoms with Gasteiger partial charge in [-0.2, -0.15) is 0 Å². The third-order valence-electron chi connectivity index (χ3n) is 5.41. The van der Waals surface area contributed by atoms with Gasteiger partial charge in [0.2, 0.25) is 0 Å². The van der Waals surface area contributed by atoms with E-state index in [1.807, 2.05) is 14.1 Å². The van der Waals surface area contributed by atoms with Crippen LogP contribution in [0, 0.1) is 0 Å². The molecule has 0 atom stereocenters. The molecule has 0 aromatic carbocycles. The van der Waals surface area contributed by atoms with Crippen LogP contribution in [0.1, 0.15) is 0 Å². The molecule has 0 bridgehead atoms. The summed E-state index contributed by atoms with van der Waals surface area (Å²) >= 11 is 0. The maximum Gasteiger partial charge on any atom is 0.330 e. The van der Waals surface area contributed by atoms with E-state index in [-0.39, 0.29) is 6.61 Å². The number of esters is 1. The Balaban J connectivity index is 3.06. The Hall–Kier alpha value is -1.31. The van der Waals surface area contributed by atoms with E-state index in [9.17, 15) is 4.79 Å². The zero-order chi connectivity index (χ0) is 33.4. The molecule has 0 aliphatic carbocycles. The van der Waals surface area contributed by atoms with E-state index >= 15 is 0 Å². The van der Waals surface area contributed by atoms with E-state index < -0.39 is 5.97 Å². The van der Waals surface area contributed by atoms with Crippen molar-refractivity contribution < 1.29 is 66.4 Å². The van der Waals surface area contributed by atoms with Gasteiger partial charge in [0, 0.05) is 12.6 Å². The zero-order valence-corrected chi connectivity index (χ0v) is 28.3. The van der Waals surface area contributed by atoms with Crippen molar-refractivity contribution in [2.24, 2.45) is 0 Å². The highest BCUT2D eigenvalue weighted by molar-refractivity contribution is 5.81. The van der Waals surface area contributed by atoms with Crippen LogP contribution in [-0.4, -0.2) is 197 Å². The number of likely N-dealkylation sites (N-methyl/N-ethyl adjacent to an activating group) is 1. The molecule has 274 valence electrons. The third kappa shape index (κ3) is 40.7. The standard InChI is InChI=1S/C31H61NO14/c1-4-31(33)46-30-29-45-28-27-44-26-25-43-24-23-42-22-21-41-20-19-40-18-17-39-16-15-38-14-13-37-12-11-36-10-9-35-8-7-34-6-5-32(2)3/h4H,1,5-30H2,2-3H3. The highest BCUT2D eigenvalue weighted by Gasteiger charge is 1.98. The predicted molar refractivity (Wildman–Crippen MR) is 170 cm³/mol. The van der Waals surface area contributed by atoms with Crippen molar-refractivity contribution in [1.29, 1.82) is 0 Å². The molecule has 0 fully saturated rings. The van der Waals surface area contributed by atoms with Gasteiger partial charge in [0.15, 0.2) is 0 Å². The monoisotopic (exact) mass is 671 g/mol. The van der Waals surface area contributed by atoms with E-state index in [4.69, 9.17) is 61.6 Å². The van der Waals surface area contributed by atoms with Gasteiger partial charge in [-0.05, 0) is 14.1 Å². The molecule has 0 saturated heterocycles. The van der Waals surface area contributed by atoms with Gasteiger partial charge in [-0.25, -0.2) is 4.79 Å². The third-order valence-corrected chi connectivity index (χ3v) is 5.41. The first kappa shape index (κ1) is 44.7. The molecule has 0 aliphatic heterocycles. The van der Waals surface area contributed by atoms with Gasteiger partial charge in [0.05, 0.1) is 159 Å². The Bertz CT molecular complexity index is 618. The van der Waals surface area contributed by atoms with E-state index in [1.165, 1.54) is 0 Å². The SMILES string of the molecule is C=CC(=O)OCCOCCOCCOCCOCCOCCOCCOCCOCCOCCOCCOCCOCCN(C)C. The summed E-state index contributed by atoms with van der Waals surface area (Å²) < 4.78 is 70.0. The topological polar surface area (TPSA) is 140 Å². The summed E-state index contributed by atoms with van der Waals surface area (Å²) in [5.41, 5.74) is 0. The van der Waals surface area contributed by atoms with Crippen LogP contribution in [0.25, 0.3) is 0 Å².